The molecule has 26 heavy (non-hydrogen) atoms. The molecule has 2 aliphatic rings. The highest BCUT2D eigenvalue weighted by Crippen LogP contribution is 2.63. The Labute approximate surface area is 150 Å². The molecular formula is C21H18O5. The zero-order chi connectivity index (χ0) is 18.3. The molecule has 0 unspecified atom stereocenters. The Balaban J connectivity index is 1.77. The van der Waals surface area contributed by atoms with Gasteiger partial charge in [-0.2, -0.15) is 0 Å². The van der Waals surface area contributed by atoms with Crippen molar-refractivity contribution in [3.63, 3.8) is 0 Å². The number of rotatable bonds is 4. The fourth-order valence-corrected chi connectivity index (χ4v) is 4.20. The Hall–Kier alpha value is -2.95. The predicted octanol–water partition coefficient (Wildman–Crippen LogP) is 3.14. The van der Waals surface area contributed by atoms with Crippen LogP contribution < -0.4 is 4.74 Å². The van der Waals surface area contributed by atoms with Gasteiger partial charge in [-0.05, 0) is 12.5 Å². The first-order valence-corrected chi connectivity index (χ1v) is 8.58. The van der Waals surface area contributed by atoms with Crippen molar-refractivity contribution in [2.45, 2.75) is 19.3 Å². The second-order valence-corrected chi connectivity index (χ2v) is 6.84. The molecule has 4 rings (SSSR count). The summed E-state index contributed by atoms with van der Waals surface area (Å²) in [7, 11) is 0. The van der Waals surface area contributed by atoms with Gasteiger partial charge in [0.25, 0.3) is 0 Å². The monoisotopic (exact) mass is 350 g/mol. The molecule has 5 nitrogen and oxygen atoms in total. The van der Waals surface area contributed by atoms with Crippen LogP contribution in [0, 0.1) is 11.3 Å². The maximum absolute atomic E-state index is 13.3. The van der Waals surface area contributed by atoms with Gasteiger partial charge in [0.2, 0.25) is 0 Å². The first-order chi connectivity index (χ1) is 12.5. The second-order valence-electron chi connectivity index (χ2n) is 6.84. The second kappa shape index (κ2) is 6.09. The molecule has 0 radical (unpaired) electrons. The summed E-state index contributed by atoms with van der Waals surface area (Å²) in [5, 5.41) is 0. The molecule has 1 aliphatic heterocycles. The van der Waals surface area contributed by atoms with Crippen molar-refractivity contribution in [3.05, 3.63) is 65.7 Å². The molecule has 0 bridgehead atoms. The number of carbonyl (C=O) groups is 3. The van der Waals surface area contributed by atoms with Crippen molar-refractivity contribution in [1.29, 1.82) is 0 Å². The highest BCUT2D eigenvalue weighted by molar-refractivity contribution is 6.15. The average molecular weight is 350 g/mol. The highest BCUT2D eigenvalue weighted by Gasteiger charge is 2.67. The number of Topliss-reactive ketones (excluding diaryl/α,β-unsaturated/α-hetero) is 1. The van der Waals surface area contributed by atoms with E-state index in [1.807, 2.05) is 18.2 Å². The zero-order valence-electron chi connectivity index (χ0n) is 14.3. The van der Waals surface area contributed by atoms with Crippen LogP contribution in [0.1, 0.15) is 35.2 Å². The summed E-state index contributed by atoms with van der Waals surface area (Å²) < 4.78 is 10.7. The van der Waals surface area contributed by atoms with E-state index >= 15 is 0 Å². The molecule has 0 aromatic heterocycles. The van der Waals surface area contributed by atoms with Crippen molar-refractivity contribution < 1.29 is 23.9 Å². The van der Waals surface area contributed by atoms with Crippen LogP contribution in [-0.4, -0.2) is 24.3 Å². The molecule has 0 spiro atoms. The van der Waals surface area contributed by atoms with Crippen LogP contribution in [0.25, 0.3) is 0 Å². The van der Waals surface area contributed by atoms with Crippen LogP contribution in [0.2, 0.25) is 0 Å². The lowest BCUT2D eigenvalue weighted by molar-refractivity contribution is -0.160. The van der Waals surface area contributed by atoms with Crippen molar-refractivity contribution in [2.75, 3.05) is 6.61 Å². The van der Waals surface area contributed by atoms with Crippen molar-refractivity contribution in [1.82, 2.24) is 0 Å². The maximum Gasteiger partial charge on any atom is 0.326 e. The third-order valence-electron chi connectivity index (χ3n) is 5.35. The van der Waals surface area contributed by atoms with Gasteiger partial charge in [0.05, 0.1) is 6.61 Å². The third-order valence-corrected chi connectivity index (χ3v) is 5.35. The Bertz CT molecular complexity index is 888. The lowest BCUT2D eigenvalue weighted by Crippen LogP contribution is -2.61. The molecule has 3 atom stereocenters. The molecule has 0 saturated heterocycles. The molecule has 0 amide bonds. The first-order valence-electron chi connectivity index (χ1n) is 8.58. The standard InChI is InChI=1S/C21H18O5/c1-13(22)25-12-15-11-21(19(23)14-7-3-2-4-8-14)18(15)16-9-5-6-10-17(16)26-20(21)24/h2-10,15,18H,11-12H2,1H3/t15-,18+,21+/m1/s1. The normalized spacial score (nSPS) is 26.0. The minimum absolute atomic E-state index is 0.0967. The highest BCUT2D eigenvalue weighted by atomic mass is 16.5. The fraction of sp³-hybridized carbons (Fsp3) is 0.286. The smallest absolute Gasteiger partial charge is 0.326 e. The lowest BCUT2D eigenvalue weighted by atomic mass is 9.48. The molecule has 1 saturated carbocycles. The van der Waals surface area contributed by atoms with E-state index in [1.54, 1.807) is 36.4 Å². The number of hydrogen-bond donors (Lipinski definition) is 0. The average Bonchev–Trinajstić information content (AvgIpc) is 2.62. The molecule has 0 N–H and O–H groups in total. The number of benzene rings is 2. The van der Waals surface area contributed by atoms with Crippen LogP contribution in [0.3, 0.4) is 0 Å². The summed E-state index contributed by atoms with van der Waals surface area (Å²) in [6.45, 7) is 1.54. The van der Waals surface area contributed by atoms with E-state index in [2.05, 4.69) is 0 Å². The van der Waals surface area contributed by atoms with E-state index < -0.39 is 11.4 Å². The summed E-state index contributed by atoms with van der Waals surface area (Å²) in [5.41, 5.74) is 0.0557. The van der Waals surface area contributed by atoms with Gasteiger partial charge < -0.3 is 9.47 Å². The SMILES string of the molecule is CC(=O)OC[C@H]1C[C@]2(C(=O)c3ccccc3)C(=O)Oc3ccccc3[C@H]12. The molecule has 5 heteroatoms. The molecule has 1 aliphatic carbocycles. The molecule has 2 aromatic carbocycles. The maximum atomic E-state index is 13.3. The third kappa shape index (κ3) is 2.35. The van der Waals surface area contributed by atoms with Gasteiger partial charge in [-0.15, -0.1) is 0 Å². The molecular weight excluding hydrogens is 332 g/mol. The molecule has 132 valence electrons. The number of carbonyl (C=O) groups excluding carboxylic acids is 3. The topological polar surface area (TPSA) is 69.7 Å². The van der Waals surface area contributed by atoms with E-state index in [0.29, 0.717) is 17.7 Å². The van der Waals surface area contributed by atoms with Crippen LogP contribution >= 0.6 is 0 Å². The van der Waals surface area contributed by atoms with Crippen LogP contribution in [-0.2, 0) is 14.3 Å². The number of fused-ring (bicyclic) bond motifs is 3. The van der Waals surface area contributed by atoms with Crippen LogP contribution in [0.15, 0.2) is 54.6 Å². The number of ketones is 1. The van der Waals surface area contributed by atoms with Gasteiger partial charge in [-0.25, -0.2) is 0 Å². The molecule has 1 fully saturated rings. The Morgan fingerprint density at radius 3 is 2.54 bits per heavy atom. The van der Waals surface area contributed by atoms with E-state index in [4.69, 9.17) is 9.47 Å². The Morgan fingerprint density at radius 1 is 1.12 bits per heavy atom. The number of para-hydroxylation sites is 1. The molecule has 1 heterocycles. The van der Waals surface area contributed by atoms with Gasteiger partial charge in [0.15, 0.2) is 5.78 Å². The first kappa shape index (κ1) is 16.5. The van der Waals surface area contributed by atoms with E-state index in [0.717, 1.165) is 5.56 Å². The van der Waals surface area contributed by atoms with Gasteiger partial charge in [0.1, 0.15) is 11.2 Å². The zero-order valence-corrected chi connectivity index (χ0v) is 14.3. The minimum Gasteiger partial charge on any atom is -0.466 e. The summed E-state index contributed by atoms with van der Waals surface area (Å²) in [6, 6.07) is 16.0. The summed E-state index contributed by atoms with van der Waals surface area (Å²) in [6.07, 6.45) is 0.311. The van der Waals surface area contributed by atoms with Gasteiger partial charge >= 0.3 is 11.9 Å². The quantitative estimate of drug-likeness (QED) is 0.367. The predicted molar refractivity (Wildman–Crippen MR) is 92.8 cm³/mol. The van der Waals surface area contributed by atoms with E-state index in [1.165, 1.54) is 6.92 Å². The summed E-state index contributed by atoms with van der Waals surface area (Å²) in [5.74, 6) is -1.10. The summed E-state index contributed by atoms with van der Waals surface area (Å²) >= 11 is 0. The van der Waals surface area contributed by atoms with Gasteiger partial charge in [-0.3, -0.25) is 14.4 Å². The Kier molecular flexibility index (Phi) is 3.87. The number of hydrogen-bond acceptors (Lipinski definition) is 5. The van der Waals surface area contributed by atoms with E-state index in [-0.39, 0.29) is 30.2 Å². The summed E-state index contributed by atoms with van der Waals surface area (Å²) in [4.78, 5) is 37.4. The van der Waals surface area contributed by atoms with Crippen molar-refractivity contribution >= 4 is 17.7 Å². The van der Waals surface area contributed by atoms with Crippen molar-refractivity contribution in [3.8, 4) is 5.75 Å². The molecule has 2 aromatic rings. The van der Waals surface area contributed by atoms with Gasteiger partial charge in [-0.1, -0.05) is 48.5 Å². The van der Waals surface area contributed by atoms with Crippen molar-refractivity contribution in [2.24, 2.45) is 11.3 Å². The number of esters is 2. The van der Waals surface area contributed by atoms with Crippen LogP contribution in [0.4, 0.5) is 0 Å². The van der Waals surface area contributed by atoms with Gasteiger partial charge in [0, 0.05) is 29.9 Å². The minimum atomic E-state index is -1.25. The van der Waals surface area contributed by atoms with Crippen LogP contribution in [0.5, 0.6) is 5.75 Å². The fourth-order valence-electron chi connectivity index (χ4n) is 4.20. The largest absolute Gasteiger partial charge is 0.466 e. The Morgan fingerprint density at radius 2 is 1.81 bits per heavy atom. The lowest BCUT2D eigenvalue weighted by Gasteiger charge is -2.54. The number of ether oxygens (including phenoxy) is 2. The van der Waals surface area contributed by atoms with E-state index in [9.17, 15) is 14.4 Å².